The first-order valence-corrected chi connectivity index (χ1v) is 6.58. The van der Waals surface area contributed by atoms with E-state index in [1.54, 1.807) is 0 Å². The summed E-state index contributed by atoms with van der Waals surface area (Å²) in [7, 11) is 0. The molecule has 1 heteroatoms. The van der Waals surface area contributed by atoms with Crippen LogP contribution in [0.1, 0.15) is 60.8 Å². The molecule has 2 unspecified atom stereocenters. The predicted molar refractivity (Wildman–Crippen MR) is 68.1 cm³/mol. The highest BCUT2D eigenvalue weighted by molar-refractivity contribution is 4.96. The van der Waals surface area contributed by atoms with Gasteiger partial charge in [-0.2, -0.15) is 0 Å². The minimum absolute atomic E-state index is 0.435. The molecule has 0 spiro atoms. The molecule has 0 saturated heterocycles. The van der Waals surface area contributed by atoms with Crippen LogP contribution in [-0.2, 0) is 0 Å². The highest BCUT2D eigenvalue weighted by Crippen LogP contribution is 2.46. The van der Waals surface area contributed by atoms with Gasteiger partial charge in [-0.05, 0) is 50.6 Å². The van der Waals surface area contributed by atoms with Crippen molar-refractivity contribution in [2.75, 3.05) is 13.1 Å². The van der Waals surface area contributed by atoms with Gasteiger partial charge in [-0.1, -0.05) is 34.6 Å². The van der Waals surface area contributed by atoms with Gasteiger partial charge < -0.3 is 0 Å². The van der Waals surface area contributed by atoms with Crippen molar-refractivity contribution in [3.05, 3.63) is 0 Å². The Morgan fingerprint density at radius 1 is 1.07 bits per heavy atom. The first-order valence-electron chi connectivity index (χ1n) is 6.58. The Kier molecular flexibility index (Phi) is 3.86. The smallest absolute Gasteiger partial charge is 0.0188 e. The van der Waals surface area contributed by atoms with E-state index in [2.05, 4.69) is 46.4 Å². The van der Waals surface area contributed by atoms with Gasteiger partial charge in [-0.3, -0.25) is 4.90 Å². The zero-order valence-electron chi connectivity index (χ0n) is 11.6. The Morgan fingerprint density at radius 2 is 1.60 bits per heavy atom. The molecule has 2 atom stereocenters. The van der Waals surface area contributed by atoms with Crippen molar-refractivity contribution in [3.63, 3.8) is 0 Å². The number of hydrogen-bond acceptors (Lipinski definition) is 1. The molecule has 90 valence electrons. The topological polar surface area (TPSA) is 3.24 Å². The van der Waals surface area contributed by atoms with Gasteiger partial charge in [-0.25, -0.2) is 0 Å². The molecule has 0 radical (unpaired) electrons. The van der Waals surface area contributed by atoms with E-state index in [9.17, 15) is 0 Å². The van der Waals surface area contributed by atoms with Gasteiger partial charge in [0, 0.05) is 5.54 Å². The summed E-state index contributed by atoms with van der Waals surface area (Å²) in [5.41, 5.74) is 0.958. The maximum Gasteiger partial charge on any atom is 0.0188 e. The largest absolute Gasteiger partial charge is 0.298 e. The van der Waals surface area contributed by atoms with Gasteiger partial charge in [0.05, 0.1) is 0 Å². The van der Waals surface area contributed by atoms with Crippen LogP contribution in [0.15, 0.2) is 0 Å². The molecule has 0 aromatic heterocycles. The Hall–Kier alpha value is -0.0400. The van der Waals surface area contributed by atoms with Crippen LogP contribution in [0.5, 0.6) is 0 Å². The van der Waals surface area contributed by atoms with E-state index < -0.39 is 0 Å². The van der Waals surface area contributed by atoms with E-state index in [1.165, 1.54) is 32.4 Å². The van der Waals surface area contributed by atoms with E-state index in [1.807, 2.05) is 0 Å². The predicted octanol–water partition coefficient (Wildman–Crippen LogP) is 3.93. The summed E-state index contributed by atoms with van der Waals surface area (Å²) in [4.78, 5) is 2.66. The average Bonchev–Trinajstić information content (AvgIpc) is 2.00. The van der Waals surface area contributed by atoms with Gasteiger partial charge in [0.1, 0.15) is 0 Å². The number of nitrogens with zero attached hydrogens (tertiary/aromatic N) is 1. The molecule has 0 aromatic carbocycles. The molecular weight excluding hydrogens is 182 g/mol. The Morgan fingerprint density at radius 3 is 2.00 bits per heavy atom. The third kappa shape index (κ3) is 2.96. The zero-order chi connectivity index (χ0) is 11.7. The van der Waals surface area contributed by atoms with Crippen molar-refractivity contribution in [1.29, 1.82) is 0 Å². The lowest BCUT2D eigenvalue weighted by Crippen LogP contribution is -2.52. The van der Waals surface area contributed by atoms with Crippen molar-refractivity contribution in [3.8, 4) is 0 Å². The molecule has 1 aliphatic rings. The lowest BCUT2D eigenvalue weighted by atomic mass is 9.64. The standard InChI is InChI=1S/C14H29N/c1-7-15(8-2)14(6)10-12(3)9-13(4,5)11-14/h12H,7-11H2,1-6H3. The van der Waals surface area contributed by atoms with Crippen molar-refractivity contribution >= 4 is 0 Å². The molecule has 0 aliphatic heterocycles. The van der Waals surface area contributed by atoms with Crippen LogP contribution >= 0.6 is 0 Å². The second kappa shape index (κ2) is 4.45. The highest BCUT2D eigenvalue weighted by atomic mass is 15.2. The van der Waals surface area contributed by atoms with Crippen LogP contribution in [-0.4, -0.2) is 23.5 Å². The Balaban J connectivity index is 2.82. The van der Waals surface area contributed by atoms with Gasteiger partial charge in [0.25, 0.3) is 0 Å². The van der Waals surface area contributed by atoms with Gasteiger partial charge in [-0.15, -0.1) is 0 Å². The molecule has 1 nitrogen and oxygen atoms in total. The lowest BCUT2D eigenvalue weighted by molar-refractivity contribution is 0.000894. The zero-order valence-corrected chi connectivity index (χ0v) is 11.6. The monoisotopic (exact) mass is 211 g/mol. The number of hydrogen-bond donors (Lipinski definition) is 0. The molecule has 0 heterocycles. The maximum absolute atomic E-state index is 2.66. The molecular formula is C14H29N. The van der Waals surface area contributed by atoms with Crippen molar-refractivity contribution in [2.45, 2.75) is 66.3 Å². The fraction of sp³-hybridized carbons (Fsp3) is 1.00. The molecule has 0 amide bonds. The summed E-state index contributed by atoms with van der Waals surface area (Å²) >= 11 is 0. The number of rotatable bonds is 3. The third-order valence-electron chi connectivity index (χ3n) is 4.08. The van der Waals surface area contributed by atoms with E-state index in [-0.39, 0.29) is 0 Å². The first-order chi connectivity index (χ1) is 6.83. The minimum Gasteiger partial charge on any atom is -0.298 e. The molecule has 0 N–H and O–H groups in total. The average molecular weight is 211 g/mol. The van der Waals surface area contributed by atoms with Crippen LogP contribution in [0.4, 0.5) is 0 Å². The third-order valence-corrected chi connectivity index (χ3v) is 4.08. The van der Waals surface area contributed by atoms with E-state index >= 15 is 0 Å². The summed E-state index contributed by atoms with van der Waals surface area (Å²) in [6.07, 6.45) is 4.12. The van der Waals surface area contributed by atoms with Crippen LogP contribution in [0.2, 0.25) is 0 Å². The molecule has 0 bridgehead atoms. The fourth-order valence-corrected chi connectivity index (χ4v) is 4.17. The van der Waals surface area contributed by atoms with Gasteiger partial charge in [0.15, 0.2) is 0 Å². The van der Waals surface area contributed by atoms with Gasteiger partial charge >= 0.3 is 0 Å². The minimum atomic E-state index is 0.435. The second-order valence-electron chi connectivity index (χ2n) is 6.52. The molecule has 1 saturated carbocycles. The highest BCUT2D eigenvalue weighted by Gasteiger charge is 2.42. The second-order valence-corrected chi connectivity index (χ2v) is 6.52. The lowest BCUT2D eigenvalue weighted by Gasteiger charge is -2.51. The SMILES string of the molecule is CCN(CC)C1(C)CC(C)CC(C)(C)C1. The van der Waals surface area contributed by atoms with Crippen molar-refractivity contribution < 1.29 is 0 Å². The molecule has 0 aromatic rings. The normalized spacial score (nSPS) is 35.8. The summed E-state index contributed by atoms with van der Waals surface area (Å²) in [5, 5.41) is 0. The summed E-state index contributed by atoms with van der Waals surface area (Å²) in [6, 6.07) is 0. The van der Waals surface area contributed by atoms with E-state index in [0.29, 0.717) is 11.0 Å². The van der Waals surface area contributed by atoms with Crippen LogP contribution in [0.25, 0.3) is 0 Å². The van der Waals surface area contributed by atoms with Crippen molar-refractivity contribution in [1.82, 2.24) is 4.90 Å². The summed E-state index contributed by atoms with van der Waals surface area (Å²) in [6.45, 7) is 16.7. The molecule has 1 rings (SSSR count). The van der Waals surface area contributed by atoms with Crippen LogP contribution < -0.4 is 0 Å². The summed E-state index contributed by atoms with van der Waals surface area (Å²) < 4.78 is 0. The van der Waals surface area contributed by atoms with Crippen LogP contribution in [0.3, 0.4) is 0 Å². The molecule has 1 fully saturated rings. The first kappa shape index (κ1) is 13.0. The molecule has 15 heavy (non-hydrogen) atoms. The Bertz CT molecular complexity index is 205. The van der Waals surface area contributed by atoms with Gasteiger partial charge in [0.2, 0.25) is 0 Å². The fourth-order valence-electron chi connectivity index (χ4n) is 4.17. The summed E-state index contributed by atoms with van der Waals surface area (Å²) in [5.74, 6) is 0.874. The quantitative estimate of drug-likeness (QED) is 0.683. The van der Waals surface area contributed by atoms with Crippen molar-refractivity contribution in [2.24, 2.45) is 11.3 Å². The van der Waals surface area contributed by atoms with E-state index in [0.717, 1.165) is 5.92 Å². The maximum atomic E-state index is 2.66. The molecule has 1 aliphatic carbocycles. The Labute approximate surface area is 96.2 Å². The van der Waals surface area contributed by atoms with Crippen LogP contribution in [0, 0.1) is 11.3 Å². The van der Waals surface area contributed by atoms with E-state index in [4.69, 9.17) is 0 Å².